The molecule has 4 heterocycles. The molecule has 4 rings (SSSR count). The molecule has 1 N–H and O–H groups in total. The van der Waals surface area contributed by atoms with E-state index >= 15 is 0 Å². The van der Waals surface area contributed by atoms with Gasteiger partial charge in [0.25, 0.3) is 5.91 Å². The fourth-order valence-corrected chi connectivity index (χ4v) is 4.55. The molecule has 2 aromatic heterocycles. The van der Waals surface area contributed by atoms with Gasteiger partial charge in [0.15, 0.2) is 5.65 Å². The number of aromatic nitrogens is 3. The Morgan fingerprint density at radius 3 is 2.89 bits per heavy atom. The van der Waals surface area contributed by atoms with Crippen LogP contribution in [-0.2, 0) is 6.54 Å². The zero-order valence-corrected chi connectivity index (χ0v) is 16.4. The molecule has 1 atom stereocenters. The minimum Gasteiger partial charge on any atom is -0.338 e. The largest absolute Gasteiger partial charge is 0.338 e. The van der Waals surface area contributed by atoms with Gasteiger partial charge >= 0.3 is 0 Å². The van der Waals surface area contributed by atoms with Crippen molar-refractivity contribution in [3.63, 3.8) is 0 Å². The van der Waals surface area contributed by atoms with E-state index in [1.54, 1.807) is 10.7 Å². The number of likely N-dealkylation sites (tertiary alicyclic amines) is 1. The molecule has 1 unspecified atom stereocenters. The molecule has 2 aliphatic rings. The lowest BCUT2D eigenvalue weighted by Crippen LogP contribution is -2.47. The number of piperidine rings is 1. The maximum absolute atomic E-state index is 13.2. The van der Waals surface area contributed by atoms with Crippen molar-refractivity contribution in [1.82, 2.24) is 29.7 Å². The van der Waals surface area contributed by atoms with Gasteiger partial charge in [0.2, 0.25) is 0 Å². The van der Waals surface area contributed by atoms with Crippen LogP contribution >= 0.6 is 0 Å². The molecule has 0 radical (unpaired) electrons. The summed E-state index contributed by atoms with van der Waals surface area (Å²) in [4.78, 5) is 22.1. The zero-order chi connectivity index (χ0) is 18.9. The van der Waals surface area contributed by atoms with E-state index in [0.717, 1.165) is 57.8 Å². The van der Waals surface area contributed by atoms with E-state index in [1.807, 2.05) is 17.3 Å². The molecule has 146 valence electrons. The summed E-state index contributed by atoms with van der Waals surface area (Å²) in [6.07, 6.45) is 9.01. The summed E-state index contributed by atoms with van der Waals surface area (Å²) in [7, 11) is 0. The van der Waals surface area contributed by atoms with Crippen LogP contribution in [0.5, 0.6) is 0 Å². The molecular formula is C20H30N6O. The lowest BCUT2D eigenvalue weighted by atomic mass is 9.79. The first-order valence-corrected chi connectivity index (χ1v) is 10.2. The second kappa shape index (κ2) is 7.56. The minimum absolute atomic E-state index is 0.0694. The highest BCUT2D eigenvalue weighted by Crippen LogP contribution is 2.36. The van der Waals surface area contributed by atoms with Crippen molar-refractivity contribution >= 4 is 11.6 Å². The van der Waals surface area contributed by atoms with Gasteiger partial charge in [-0.3, -0.25) is 9.69 Å². The van der Waals surface area contributed by atoms with Crippen LogP contribution in [0.4, 0.5) is 0 Å². The number of hydrogen-bond donors (Lipinski definition) is 1. The molecule has 2 aliphatic heterocycles. The van der Waals surface area contributed by atoms with Gasteiger partial charge in [-0.05, 0) is 38.9 Å². The van der Waals surface area contributed by atoms with Crippen molar-refractivity contribution in [1.29, 1.82) is 0 Å². The van der Waals surface area contributed by atoms with Gasteiger partial charge in [-0.2, -0.15) is 5.10 Å². The van der Waals surface area contributed by atoms with Gasteiger partial charge in [0.1, 0.15) is 5.56 Å². The van der Waals surface area contributed by atoms with Crippen LogP contribution < -0.4 is 5.32 Å². The highest BCUT2D eigenvalue weighted by atomic mass is 16.2. The smallest absolute Gasteiger partial charge is 0.259 e. The molecule has 0 saturated carbocycles. The standard InChI is InChI=1S/C20H30N6O/c1-3-24(4-2)12-16-10-22-18-17(11-23-26(18)13-16)19(27)25-9-5-6-20(15-25)7-8-21-14-20/h10-11,13,21H,3-9,12,14-15H2,1-2H3. The van der Waals surface area contributed by atoms with E-state index in [9.17, 15) is 4.79 Å². The molecular weight excluding hydrogens is 340 g/mol. The molecule has 1 amide bonds. The van der Waals surface area contributed by atoms with E-state index in [2.05, 4.69) is 34.1 Å². The second-order valence-corrected chi connectivity index (χ2v) is 8.01. The van der Waals surface area contributed by atoms with E-state index in [4.69, 9.17) is 0 Å². The minimum atomic E-state index is 0.0694. The molecule has 0 aliphatic carbocycles. The van der Waals surface area contributed by atoms with E-state index < -0.39 is 0 Å². The predicted molar refractivity (Wildman–Crippen MR) is 105 cm³/mol. The average molecular weight is 371 g/mol. The summed E-state index contributed by atoms with van der Waals surface area (Å²) in [5, 5.41) is 7.89. The first-order valence-electron chi connectivity index (χ1n) is 10.2. The second-order valence-electron chi connectivity index (χ2n) is 8.01. The topological polar surface area (TPSA) is 65.8 Å². The van der Waals surface area contributed by atoms with Crippen LogP contribution in [0, 0.1) is 5.41 Å². The highest BCUT2D eigenvalue weighted by Gasteiger charge is 2.39. The van der Waals surface area contributed by atoms with Gasteiger partial charge in [-0.15, -0.1) is 0 Å². The maximum Gasteiger partial charge on any atom is 0.259 e. The van der Waals surface area contributed by atoms with Crippen LogP contribution in [0.25, 0.3) is 5.65 Å². The average Bonchev–Trinajstić information content (AvgIpc) is 3.32. The lowest BCUT2D eigenvalue weighted by Gasteiger charge is -2.39. The highest BCUT2D eigenvalue weighted by molar-refractivity contribution is 5.99. The Morgan fingerprint density at radius 2 is 2.15 bits per heavy atom. The zero-order valence-electron chi connectivity index (χ0n) is 16.4. The first-order chi connectivity index (χ1) is 13.1. The molecule has 2 fully saturated rings. The van der Waals surface area contributed by atoms with Gasteiger partial charge in [-0.25, -0.2) is 9.50 Å². The molecule has 0 aromatic carbocycles. The Kier molecular flexibility index (Phi) is 5.14. The Bertz CT molecular complexity index is 806. The van der Waals surface area contributed by atoms with Crippen LogP contribution in [0.15, 0.2) is 18.6 Å². The van der Waals surface area contributed by atoms with Crippen LogP contribution in [0.3, 0.4) is 0 Å². The van der Waals surface area contributed by atoms with Crippen LogP contribution in [0.2, 0.25) is 0 Å². The summed E-state index contributed by atoms with van der Waals surface area (Å²) in [6.45, 7) is 10.9. The summed E-state index contributed by atoms with van der Waals surface area (Å²) >= 11 is 0. The number of carbonyl (C=O) groups excluding carboxylic acids is 1. The number of fused-ring (bicyclic) bond motifs is 1. The van der Waals surface area contributed by atoms with Crippen molar-refractivity contribution in [3.8, 4) is 0 Å². The predicted octanol–water partition coefficient (Wildman–Crippen LogP) is 1.79. The van der Waals surface area contributed by atoms with E-state index in [0.29, 0.717) is 11.2 Å². The van der Waals surface area contributed by atoms with Gasteiger partial charge < -0.3 is 10.2 Å². The fourth-order valence-electron chi connectivity index (χ4n) is 4.55. The van der Waals surface area contributed by atoms with Crippen LogP contribution in [-0.4, -0.2) is 69.6 Å². The SMILES string of the molecule is CCN(CC)Cc1cnc2c(C(=O)N3CCCC4(CCNC4)C3)cnn2c1. The Balaban J connectivity index is 1.54. The number of carbonyl (C=O) groups is 1. The summed E-state index contributed by atoms with van der Waals surface area (Å²) < 4.78 is 1.75. The Labute approximate surface area is 160 Å². The quantitative estimate of drug-likeness (QED) is 0.869. The molecule has 2 aromatic rings. The third-order valence-corrected chi connectivity index (χ3v) is 6.22. The van der Waals surface area contributed by atoms with Gasteiger partial charge in [0, 0.05) is 49.6 Å². The summed E-state index contributed by atoms with van der Waals surface area (Å²) in [5.74, 6) is 0.0694. The van der Waals surface area contributed by atoms with Gasteiger partial charge in [-0.1, -0.05) is 13.8 Å². The van der Waals surface area contributed by atoms with E-state index in [1.165, 1.54) is 12.8 Å². The first kappa shape index (κ1) is 18.4. The molecule has 2 saturated heterocycles. The summed E-state index contributed by atoms with van der Waals surface area (Å²) in [5.41, 5.74) is 2.66. The number of amides is 1. The van der Waals surface area contributed by atoms with Crippen molar-refractivity contribution in [2.45, 2.75) is 39.7 Å². The molecule has 1 spiro atoms. The third kappa shape index (κ3) is 3.58. The summed E-state index contributed by atoms with van der Waals surface area (Å²) in [6, 6.07) is 0. The van der Waals surface area contributed by atoms with E-state index in [-0.39, 0.29) is 11.3 Å². The molecule has 7 nitrogen and oxygen atoms in total. The Morgan fingerprint density at radius 1 is 1.30 bits per heavy atom. The van der Waals surface area contributed by atoms with Crippen molar-refractivity contribution < 1.29 is 4.79 Å². The van der Waals surface area contributed by atoms with Crippen molar-refractivity contribution in [2.24, 2.45) is 5.41 Å². The van der Waals surface area contributed by atoms with Crippen molar-refractivity contribution in [3.05, 3.63) is 29.7 Å². The molecule has 7 heteroatoms. The third-order valence-electron chi connectivity index (χ3n) is 6.22. The van der Waals surface area contributed by atoms with Crippen molar-refractivity contribution in [2.75, 3.05) is 39.3 Å². The fraction of sp³-hybridized carbons (Fsp3) is 0.650. The number of rotatable bonds is 5. The Hall–Kier alpha value is -1.99. The molecule has 0 bridgehead atoms. The molecule has 27 heavy (non-hydrogen) atoms. The normalized spacial score (nSPS) is 23.0. The lowest BCUT2D eigenvalue weighted by molar-refractivity contribution is 0.0555. The number of nitrogens with zero attached hydrogens (tertiary/aromatic N) is 5. The number of nitrogens with one attached hydrogen (secondary N) is 1. The van der Waals surface area contributed by atoms with Crippen LogP contribution in [0.1, 0.15) is 49.0 Å². The van der Waals surface area contributed by atoms with Gasteiger partial charge in [0.05, 0.1) is 6.20 Å². The number of hydrogen-bond acceptors (Lipinski definition) is 5. The maximum atomic E-state index is 13.2. The monoisotopic (exact) mass is 370 g/mol.